The smallest absolute Gasteiger partial charge is 0.411 e. The number of halogens is 1. The van der Waals surface area contributed by atoms with E-state index in [9.17, 15) is 9.59 Å². The SMILES string of the molecule is COC(=O)C1Cc2c(ccc(Br)c2OCc2ccccc2)CN1C(=O)OC(C)(C)C. The quantitative estimate of drug-likeness (QED) is 0.590. The Morgan fingerprint density at radius 1 is 1.13 bits per heavy atom. The maximum atomic E-state index is 12.8. The van der Waals surface area contributed by atoms with Crippen molar-refractivity contribution in [3.05, 3.63) is 63.6 Å². The molecule has 0 fully saturated rings. The highest BCUT2D eigenvalue weighted by atomic mass is 79.9. The number of rotatable bonds is 4. The number of carbonyl (C=O) groups excluding carboxylic acids is 2. The highest BCUT2D eigenvalue weighted by molar-refractivity contribution is 9.10. The van der Waals surface area contributed by atoms with Crippen molar-refractivity contribution in [3.8, 4) is 5.75 Å². The van der Waals surface area contributed by atoms with Gasteiger partial charge in [-0.3, -0.25) is 4.90 Å². The molecule has 0 saturated heterocycles. The van der Waals surface area contributed by atoms with Crippen LogP contribution in [0.4, 0.5) is 4.79 Å². The molecule has 0 spiro atoms. The van der Waals surface area contributed by atoms with E-state index < -0.39 is 23.7 Å². The van der Waals surface area contributed by atoms with Crippen LogP contribution < -0.4 is 4.74 Å². The van der Waals surface area contributed by atoms with Crippen LogP contribution in [0.2, 0.25) is 0 Å². The molecule has 3 rings (SSSR count). The van der Waals surface area contributed by atoms with Gasteiger partial charge in [0.05, 0.1) is 18.1 Å². The van der Waals surface area contributed by atoms with Crippen LogP contribution in [-0.2, 0) is 33.8 Å². The minimum Gasteiger partial charge on any atom is -0.487 e. The average molecular weight is 476 g/mol. The largest absolute Gasteiger partial charge is 0.487 e. The first-order valence-electron chi connectivity index (χ1n) is 9.74. The fourth-order valence-corrected chi connectivity index (χ4v) is 3.84. The van der Waals surface area contributed by atoms with Crippen molar-refractivity contribution < 1.29 is 23.8 Å². The number of nitrogens with zero attached hydrogens (tertiary/aromatic N) is 1. The first-order chi connectivity index (χ1) is 14.2. The number of hydrogen-bond donors (Lipinski definition) is 0. The molecule has 6 nitrogen and oxygen atoms in total. The van der Waals surface area contributed by atoms with E-state index in [1.165, 1.54) is 12.0 Å². The Labute approximate surface area is 185 Å². The molecule has 1 aliphatic rings. The summed E-state index contributed by atoms with van der Waals surface area (Å²) in [5, 5.41) is 0. The fourth-order valence-electron chi connectivity index (χ4n) is 3.35. The lowest BCUT2D eigenvalue weighted by Gasteiger charge is -2.36. The molecule has 0 radical (unpaired) electrons. The zero-order valence-corrected chi connectivity index (χ0v) is 19.2. The Bertz CT molecular complexity index is 923. The van der Waals surface area contributed by atoms with Crippen molar-refractivity contribution in [2.75, 3.05) is 7.11 Å². The van der Waals surface area contributed by atoms with Gasteiger partial charge in [-0.1, -0.05) is 36.4 Å². The third kappa shape index (κ3) is 5.14. The van der Waals surface area contributed by atoms with Crippen molar-refractivity contribution in [3.63, 3.8) is 0 Å². The molecule has 2 aromatic carbocycles. The van der Waals surface area contributed by atoms with E-state index in [0.717, 1.165) is 21.2 Å². The maximum absolute atomic E-state index is 12.8. The highest BCUT2D eigenvalue weighted by Crippen LogP contribution is 2.38. The van der Waals surface area contributed by atoms with Crippen LogP contribution in [0.5, 0.6) is 5.75 Å². The molecule has 160 valence electrons. The molecule has 0 aliphatic carbocycles. The summed E-state index contributed by atoms with van der Waals surface area (Å²) in [7, 11) is 1.32. The normalized spacial score (nSPS) is 15.9. The minimum absolute atomic E-state index is 0.235. The van der Waals surface area contributed by atoms with Crippen LogP contribution in [0.25, 0.3) is 0 Å². The summed E-state index contributed by atoms with van der Waals surface area (Å²) < 4.78 is 17.4. The van der Waals surface area contributed by atoms with Gasteiger partial charge in [0.2, 0.25) is 0 Å². The van der Waals surface area contributed by atoms with Crippen LogP contribution in [0.15, 0.2) is 46.9 Å². The van der Waals surface area contributed by atoms with Gasteiger partial charge in [0, 0.05) is 12.0 Å². The predicted octanol–water partition coefficient (Wildman–Crippen LogP) is 4.86. The van der Waals surface area contributed by atoms with E-state index in [4.69, 9.17) is 14.2 Å². The van der Waals surface area contributed by atoms with E-state index in [0.29, 0.717) is 12.4 Å². The number of hydrogen-bond acceptors (Lipinski definition) is 5. The number of amides is 1. The summed E-state index contributed by atoms with van der Waals surface area (Å²) in [5.74, 6) is 0.189. The van der Waals surface area contributed by atoms with Gasteiger partial charge in [-0.15, -0.1) is 0 Å². The molecular formula is C23H26BrNO5. The third-order valence-electron chi connectivity index (χ3n) is 4.75. The predicted molar refractivity (Wildman–Crippen MR) is 116 cm³/mol. The summed E-state index contributed by atoms with van der Waals surface area (Å²) in [4.78, 5) is 26.7. The van der Waals surface area contributed by atoms with E-state index in [2.05, 4.69) is 15.9 Å². The zero-order valence-electron chi connectivity index (χ0n) is 17.6. The Kier molecular flexibility index (Phi) is 6.71. The molecule has 0 bridgehead atoms. The van der Waals surface area contributed by atoms with Gasteiger partial charge in [-0.05, 0) is 53.9 Å². The van der Waals surface area contributed by atoms with E-state index in [1.54, 1.807) is 20.8 Å². The Balaban J connectivity index is 1.91. The molecule has 1 heterocycles. The molecule has 7 heteroatoms. The molecular weight excluding hydrogens is 450 g/mol. The standard InChI is InChI=1S/C23H26BrNO5/c1-23(2,3)30-22(27)25-13-16-10-11-18(24)20(17(16)12-19(25)21(26)28-4)29-14-15-8-6-5-7-9-15/h5-11,19H,12-14H2,1-4H3. The number of esters is 1. The number of fused-ring (bicyclic) bond motifs is 1. The summed E-state index contributed by atoms with van der Waals surface area (Å²) in [6.07, 6.45) is -0.261. The molecule has 0 N–H and O–H groups in total. The number of methoxy groups -OCH3 is 1. The van der Waals surface area contributed by atoms with Crippen LogP contribution in [0.3, 0.4) is 0 Å². The van der Waals surface area contributed by atoms with Crippen LogP contribution in [-0.4, -0.2) is 35.7 Å². The lowest BCUT2D eigenvalue weighted by Crippen LogP contribution is -2.50. The molecule has 1 amide bonds. The van der Waals surface area contributed by atoms with Gasteiger partial charge in [0.1, 0.15) is 24.0 Å². The number of carbonyl (C=O) groups is 2. The van der Waals surface area contributed by atoms with Gasteiger partial charge < -0.3 is 14.2 Å². The zero-order chi connectivity index (χ0) is 21.9. The molecule has 0 saturated carbocycles. The fraction of sp³-hybridized carbons (Fsp3) is 0.391. The average Bonchev–Trinajstić information content (AvgIpc) is 2.71. The van der Waals surface area contributed by atoms with E-state index >= 15 is 0 Å². The lowest BCUT2D eigenvalue weighted by atomic mass is 9.93. The molecule has 1 unspecified atom stereocenters. The van der Waals surface area contributed by atoms with Crippen molar-refractivity contribution in [2.24, 2.45) is 0 Å². The number of benzene rings is 2. The highest BCUT2D eigenvalue weighted by Gasteiger charge is 2.39. The maximum Gasteiger partial charge on any atom is 0.411 e. The molecule has 30 heavy (non-hydrogen) atoms. The van der Waals surface area contributed by atoms with Crippen LogP contribution in [0.1, 0.15) is 37.5 Å². The van der Waals surface area contributed by atoms with E-state index in [1.807, 2.05) is 42.5 Å². The Morgan fingerprint density at radius 2 is 1.83 bits per heavy atom. The van der Waals surface area contributed by atoms with Gasteiger partial charge in [0.25, 0.3) is 0 Å². The second kappa shape index (κ2) is 9.08. The van der Waals surface area contributed by atoms with Crippen molar-refractivity contribution >= 4 is 28.0 Å². The Hall–Kier alpha value is -2.54. The van der Waals surface area contributed by atoms with Crippen molar-refractivity contribution in [2.45, 2.75) is 52.0 Å². The molecule has 1 aliphatic heterocycles. The van der Waals surface area contributed by atoms with Gasteiger partial charge in [-0.25, -0.2) is 9.59 Å². The summed E-state index contributed by atoms with van der Waals surface area (Å²) in [5.41, 5.74) is 2.17. The molecule has 2 aromatic rings. The van der Waals surface area contributed by atoms with Gasteiger partial charge in [-0.2, -0.15) is 0 Å². The van der Waals surface area contributed by atoms with Gasteiger partial charge in [0.15, 0.2) is 0 Å². The third-order valence-corrected chi connectivity index (χ3v) is 5.38. The van der Waals surface area contributed by atoms with Gasteiger partial charge >= 0.3 is 12.1 Å². The van der Waals surface area contributed by atoms with Crippen molar-refractivity contribution in [1.82, 2.24) is 4.90 Å². The lowest BCUT2D eigenvalue weighted by molar-refractivity contribution is -0.147. The number of ether oxygens (including phenoxy) is 3. The first kappa shape index (κ1) is 22.2. The minimum atomic E-state index is -0.786. The van der Waals surface area contributed by atoms with Crippen LogP contribution >= 0.6 is 15.9 Å². The second-order valence-corrected chi connectivity index (χ2v) is 8.99. The molecule has 0 aromatic heterocycles. The first-order valence-corrected chi connectivity index (χ1v) is 10.5. The summed E-state index contributed by atoms with van der Waals surface area (Å²) in [6.45, 7) is 6.02. The second-order valence-electron chi connectivity index (χ2n) is 8.14. The summed E-state index contributed by atoms with van der Waals surface area (Å²) in [6, 6.07) is 12.9. The van der Waals surface area contributed by atoms with Crippen molar-refractivity contribution in [1.29, 1.82) is 0 Å². The summed E-state index contributed by atoms with van der Waals surface area (Å²) >= 11 is 3.56. The topological polar surface area (TPSA) is 65.1 Å². The Morgan fingerprint density at radius 3 is 2.47 bits per heavy atom. The molecule has 1 atom stereocenters. The monoisotopic (exact) mass is 475 g/mol. The van der Waals surface area contributed by atoms with E-state index in [-0.39, 0.29) is 13.0 Å². The van der Waals surface area contributed by atoms with Crippen LogP contribution in [0, 0.1) is 0 Å².